The highest BCUT2D eigenvalue weighted by atomic mass is 16.5. The lowest BCUT2D eigenvalue weighted by molar-refractivity contribution is -0.145. The summed E-state index contributed by atoms with van der Waals surface area (Å²) in [6.07, 6.45) is 0.488. The molecule has 0 aliphatic carbocycles. The first-order valence-corrected chi connectivity index (χ1v) is 5.84. The standard InChI is InChI=1S/C11H20N2O4/c1-3-9(11(15)16)12(2)8-10(14)13-4-6-17-7-5-13/h9H,3-8H2,1-2H3,(H,15,16). The molecule has 0 aromatic rings. The van der Waals surface area contributed by atoms with E-state index in [-0.39, 0.29) is 12.5 Å². The number of amides is 1. The van der Waals surface area contributed by atoms with E-state index in [0.717, 1.165) is 0 Å². The van der Waals surface area contributed by atoms with Crippen LogP contribution in [0.2, 0.25) is 0 Å². The van der Waals surface area contributed by atoms with Gasteiger partial charge in [0, 0.05) is 13.1 Å². The summed E-state index contributed by atoms with van der Waals surface area (Å²) >= 11 is 0. The van der Waals surface area contributed by atoms with Gasteiger partial charge in [-0.05, 0) is 13.5 Å². The SMILES string of the molecule is CCC(C(=O)O)N(C)CC(=O)N1CCOCC1. The molecule has 0 saturated carbocycles. The second-order valence-electron chi connectivity index (χ2n) is 4.17. The minimum Gasteiger partial charge on any atom is -0.480 e. The van der Waals surface area contributed by atoms with E-state index in [9.17, 15) is 9.59 Å². The molecule has 1 aliphatic rings. The molecule has 6 nitrogen and oxygen atoms in total. The zero-order valence-corrected chi connectivity index (χ0v) is 10.4. The molecule has 0 radical (unpaired) electrons. The number of rotatable bonds is 5. The summed E-state index contributed by atoms with van der Waals surface area (Å²) in [7, 11) is 1.67. The summed E-state index contributed by atoms with van der Waals surface area (Å²) in [6.45, 7) is 4.25. The zero-order valence-electron chi connectivity index (χ0n) is 10.4. The van der Waals surface area contributed by atoms with Crippen LogP contribution in [0, 0.1) is 0 Å². The Labute approximate surface area is 101 Å². The number of ether oxygens (including phenoxy) is 1. The summed E-state index contributed by atoms with van der Waals surface area (Å²) in [5.74, 6) is -0.916. The van der Waals surface area contributed by atoms with Crippen molar-refractivity contribution in [3.8, 4) is 0 Å². The smallest absolute Gasteiger partial charge is 0.320 e. The van der Waals surface area contributed by atoms with Gasteiger partial charge in [-0.15, -0.1) is 0 Å². The first-order chi connectivity index (χ1) is 8.06. The number of nitrogens with zero attached hydrogens (tertiary/aromatic N) is 2. The Balaban J connectivity index is 2.46. The lowest BCUT2D eigenvalue weighted by Gasteiger charge is -2.30. The third kappa shape index (κ3) is 3.98. The molecule has 17 heavy (non-hydrogen) atoms. The molecule has 1 N–H and O–H groups in total. The van der Waals surface area contributed by atoms with Crippen LogP contribution in [0.5, 0.6) is 0 Å². The van der Waals surface area contributed by atoms with Crippen molar-refractivity contribution in [1.82, 2.24) is 9.80 Å². The second-order valence-corrected chi connectivity index (χ2v) is 4.17. The van der Waals surface area contributed by atoms with Gasteiger partial charge >= 0.3 is 5.97 Å². The number of hydrogen-bond donors (Lipinski definition) is 1. The second kappa shape index (κ2) is 6.56. The Bertz CT molecular complexity index is 277. The van der Waals surface area contributed by atoms with E-state index < -0.39 is 12.0 Å². The van der Waals surface area contributed by atoms with Gasteiger partial charge in [0.1, 0.15) is 6.04 Å². The fourth-order valence-corrected chi connectivity index (χ4v) is 1.91. The van der Waals surface area contributed by atoms with Gasteiger partial charge in [-0.25, -0.2) is 0 Å². The Morgan fingerprint density at radius 1 is 1.41 bits per heavy atom. The van der Waals surface area contributed by atoms with Gasteiger partial charge in [-0.2, -0.15) is 0 Å². The summed E-state index contributed by atoms with van der Waals surface area (Å²) < 4.78 is 5.16. The van der Waals surface area contributed by atoms with Gasteiger partial charge in [0.2, 0.25) is 5.91 Å². The lowest BCUT2D eigenvalue weighted by atomic mass is 10.2. The Morgan fingerprint density at radius 3 is 2.47 bits per heavy atom. The maximum Gasteiger partial charge on any atom is 0.320 e. The van der Waals surface area contributed by atoms with E-state index in [1.54, 1.807) is 23.8 Å². The van der Waals surface area contributed by atoms with Crippen LogP contribution in [0.1, 0.15) is 13.3 Å². The Hall–Kier alpha value is -1.14. The number of likely N-dealkylation sites (N-methyl/N-ethyl adjacent to an activating group) is 1. The van der Waals surface area contributed by atoms with Crippen molar-refractivity contribution in [2.45, 2.75) is 19.4 Å². The van der Waals surface area contributed by atoms with Crippen LogP contribution < -0.4 is 0 Å². The van der Waals surface area contributed by atoms with Gasteiger partial charge in [0.25, 0.3) is 0 Å². The van der Waals surface area contributed by atoms with E-state index in [0.29, 0.717) is 32.7 Å². The van der Waals surface area contributed by atoms with Crippen molar-refractivity contribution in [3.05, 3.63) is 0 Å². The molecule has 1 saturated heterocycles. The predicted molar refractivity (Wildman–Crippen MR) is 61.7 cm³/mol. The monoisotopic (exact) mass is 244 g/mol. The lowest BCUT2D eigenvalue weighted by Crippen LogP contribution is -2.48. The van der Waals surface area contributed by atoms with Crippen LogP contribution >= 0.6 is 0 Å². The van der Waals surface area contributed by atoms with Crippen LogP contribution in [-0.2, 0) is 14.3 Å². The Morgan fingerprint density at radius 2 is 2.00 bits per heavy atom. The molecule has 1 rings (SSSR count). The predicted octanol–water partition coefficient (Wildman–Crippen LogP) is -0.360. The van der Waals surface area contributed by atoms with Gasteiger partial charge in [0.05, 0.1) is 19.8 Å². The fourth-order valence-electron chi connectivity index (χ4n) is 1.91. The van der Waals surface area contributed by atoms with Crippen LogP contribution in [-0.4, -0.2) is 72.7 Å². The van der Waals surface area contributed by atoms with Gasteiger partial charge < -0.3 is 14.7 Å². The average Bonchev–Trinajstić information content (AvgIpc) is 2.30. The van der Waals surface area contributed by atoms with Gasteiger partial charge in [-0.1, -0.05) is 6.92 Å². The third-order valence-electron chi connectivity index (χ3n) is 2.95. The van der Waals surface area contributed by atoms with Crippen molar-refractivity contribution in [3.63, 3.8) is 0 Å². The number of morpholine rings is 1. The van der Waals surface area contributed by atoms with Crippen LogP contribution in [0.4, 0.5) is 0 Å². The maximum atomic E-state index is 11.9. The van der Waals surface area contributed by atoms with Crippen LogP contribution in [0.3, 0.4) is 0 Å². The number of carbonyl (C=O) groups excluding carboxylic acids is 1. The summed E-state index contributed by atoms with van der Waals surface area (Å²) in [5, 5.41) is 8.98. The van der Waals surface area contributed by atoms with E-state index in [4.69, 9.17) is 9.84 Å². The summed E-state index contributed by atoms with van der Waals surface area (Å²) in [6, 6.07) is -0.597. The molecular formula is C11H20N2O4. The molecule has 1 unspecified atom stereocenters. The normalized spacial score (nSPS) is 18.2. The number of aliphatic carboxylic acids is 1. The molecule has 1 heterocycles. The van der Waals surface area contributed by atoms with Crippen molar-refractivity contribution >= 4 is 11.9 Å². The molecule has 1 amide bonds. The van der Waals surface area contributed by atoms with E-state index in [2.05, 4.69) is 0 Å². The molecule has 0 spiro atoms. The molecule has 1 atom stereocenters. The molecule has 1 aliphatic heterocycles. The number of carbonyl (C=O) groups is 2. The largest absolute Gasteiger partial charge is 0.480 e. The molecule has 0 aromatic heterocycles. The van der Waals surface area contributed by atoms with E-state index >= 15 is 0 Å². The minimum atomic E-state index is -0.884. The highest BCUT2D eigenvalue weighted by Gasteiger charge is 2.25. The van der Waals surface area contributed by atoms with Crippen molar-refractivity contribution in [1.29, 1.82) is 0 Å². The van der Waals surface area contributed by atoms with Gasteiger partial charge in [-0.3, -0.25) is 14.5 Å². The number of carboxylic acid groups (broad SMARTS) is 1. The van der Waals surface area contributed by atoms with E-state index in [1.807, 2.05) is 0 Å². The first kappa shape index (κ1) is 13.9. The van der Waals surface area contributed by atoms with Crippen LogP contribution in [0.15, 0.2) is 0 Å². The first-order valence-electron chi connectivity index (χ1n) is 5.84. The number of hydrogen-bond acceptors (Lipinski definition) is 4. The van der Waals surface area contributed by atoms with Crippen LogP contribution in [0.25, 0.3) is 0 Å². The Kier molecular flexibility index (Phi) is 5.37. The molecule has 6 heteroatoms. The van der Waals surface area contributed by atoms with Crippen molar-refractivity contribution < 1.29 is 19.4 Å². The average molecular weight is 244 g/mol. The molecule has 0 bridgehead atoms. The topological polar surface area (TPSA) is 70.1 Å². The minimum absolute atomic E-state index is 0.0319. The van der Waals surface area contributed by atoms with Gasteiger partial charge in [0.15, 0.2) is 0 Å². The molecule has 0 aromatic carbocycles. The fraction of sp³-hybridized carbons (Fsp3) is 0.818. The van der Waals surface area contributed by atoms with Crippen molar-refractivity contribution in [2.24, 2.45) is 0 Å². The molecule has 98 valence electrons. The quantitative estimate of drug-likeness (QED) is 0.715. The zero-order chi connectivity index (χ0) is 12.8. The molecule has 1 fully saturated rings. The molecular weight excluding hydrogens is 224 g/mol. The summed E-state index contributed by atoms with van der Waals surface area (Å²) in [5.41, 5.74) is 0. The third-order valence-corrected chi connectivity index (χ3v) is 2.95. The maximum absolute atomic E-state index is 11.9. The van der Waals surface area contributed by atoms with Crippen molar-refractivity contribution in [2.75, 3.05) is 39.9 Å². The highest BCUT2D eigenvalue weighted by Crippen LogP contribution is 2.04. The summed E-state index contributed by atoms with van der Waals surface area (Å²) in [4.78, 5) is 26.1. The van der Waals surface area contributed by atoms with E-state index in [1.165, 1.54) is 0 Å². The highest BCUT2D eigenvalue weighted by molar-refractivity contribution is 5.80. The number of carboxylic acids is 1.